The summed E-state index contributed by atoms with van der Waals surface area (Å²) >= 11 is 1.70. The van der Waals surface area contributed by atoms with Crippen LogP contribution in [0.3, 0.4) is 0 Å². The molecule has 2 aromatic rings. The van der Waals surface area contributed by atoms with Crippen LogP contribution in [0.15, 0.2) is 53.0 Å². The lowest BCUT2D eigenvalue weighted by atomic mass is 9.68. The molecule has 30 heavy (non-hydrogen) atoms. The minimum Gasteiger partial charge on any atom is -0.384 e. The fourth-order valence-electron chi connectivity index (χ4n) is 4.75. The Morgan fingerprint density at radius 3 is 2.40 bits per heavy atom. The van der Waals surface area contributed by atoms with Crippen molar-refractivity contribution in [1.29, 1.82) is 5.26 Å². The van der Waals surface area contributed by atoms with E-state index in [0.29, 0.717) is 17.8 Å². The largest absolute Gasteiger partial charge is 0.384 e. The first kappa shape index (κ1) is 20.4. The van der Waals surface area contributed by atoms with Gasteiger partial charge in [-0.25, -0.2) is 0 Å². The molecule has 0 fully saturated rings. The maximum Gasteiger partial charge on any atom is 0.162 e. The van der Waals surface area contributed by atoms with Crippen LogP contribution in [0.25, 0.3) is 0 Å². The van der Waals surface area contributed by atoms with Crippen molar-refractivity contribution in [2.75, 3.05) is 4.90 Å². The minimum absolute atomic E-state index is 0.117. The maximum atomic E-state index is 13.5. The van der Waals surface area contributed by atoms with Gasteiger partial charge < -0.3 is 5.73 Å². The second kappa shape index (κ2) is 7.14. The van der Waals surface area contributed by atoms with Crippen LogP contribution in [-0.4, -0.2) is 5.78 Å². The van der Waals surface area contributed by atoms with E-state index >= 15 is 0 Å². The molecule has 0 amide bonds. The van der Waals surface area contributed by atoms with Crippen LogP contribution in [0.2, 0.25) is 0 Å². The summed E-state index contributed by atoms with van der Waals surface area (Å²) in [6, 6.07) is 12.5. The second-order valence-corrected chi connectivity index (χ2v) is 10.6. The van der Waals surface area contributed by atoms with E-state index in [9.17, 15) is 10.1 Å². The summed E-state index contributed by atoms with van der Waals surface area (Å²) in [5.41, 5.74) is 11.7. The highest BCUT2D eigenvalue weighted by Crippen LogP contribution is 2.51. The monoisotopic (exact) mass is 417 g/mol. The fraction of sp³-hybridized carbons (Fsp3) is 0.360. The van der Waals surface area contributed by atoms with Crippen LogP contribution in [-0.2, 0) is 4.79 Å². The molecule has 0 spiro atoms. The third kappa shape index (κ3) is 3.26. The molecule has 4 rings (SSSR count). The third-order valence-corrected chi connectivity index (χ3v) is 7.05. The number of nitrogens with zero attached hydrogens (tertiary/aromatic N) is 2. The molecule has 154 valence electrons. The van der Waals surface area contributed by atoms with Gasteiger partial charge in [-0.1, -0.05) is 31.5 Å². The normalized spacial score (nSPS) is 21.0. The molecule has 2 aliphatic rings. The van der Waals surface area contributed by atoms with Crippen LogP contribution in [0.5, 0.6) is 0 Å². The number of nitrogens with two attached hydrogens (primary N) is 1. The molecule has 4 nitrogen and oxygen atoms in total. The van der Waals surface area contributed by atoms with E-state index in [4.69, 9.17) is 5.73 Å². The Morgan fingerprint density at radius 1 is 1.17 bits per heavy atom. The molecule has 1 aromatic carbocycles. The molecule has 0 bridgehead atoms. The number of allylic oxidation sites excluding steroid dienone is 3. The number of thiophene rings is 1. The number of anilines is 1. The van der Waals surface area contributed by atoms with Gasteiger partial charge in [-0.3, -0.25) is 9.69 Å². The first-order valence-corrected chi connectivity index (χ1v) is 11.0. The van der Waals surface area contributed by atoms with Crippen LogP contribution in [0, 0.1) is 37.5 Å². The van der Waals surface area contributed by atoms with Gasteiger partial charge in [0.2, 0.25) is 0 Å². The molecule has 0 unspecified atom stereocenters. The summed E-state index contributed by atoms with van der Waals surface area (Å²) in [6.07, 6.45) is 1.21. The lowest BCUT2D eigenvalue weighted by Crippen LogP contribution is -2.42. The molecular weight excluding hydrogens is 390 g/mol. The number of hydrogen-bond donors (Lipinski definition) is 1. The summed E-state index contributed by atoms with van der Waals surface area (Å²) in [7, 11) is 0. The predicted molar refractivity (Wildman–Crippen MR) is 122 cm³/mol. The lowest BCUT2D eigenvalue weighted by Gasteiger charge is -2.43. The lowest BCUT2D eigenvalue weighted by molar-refractivity contribution is -0.118. The zero-order chi connectivity index (χ0) is 21.8. The van der Waals surface area contributed by atoms with E-state index in [2.05, 4.69) is 39.8 Å². The number of aryl methyl sites for hydroxylation is 3. The smallest absolute Gasteiger partial charge is 0.162 e. The van der Waals surface area contributed by atoms with E-state index in [1.54, 1.807) is 11.3 Å². The van der Waals surface area contributed by atoms with Gasteiger partial charge in [0.25, 0.3) is 0 Å². The Hall–Kier alpha value is -2.84. The number of nitriles is 1. The number of carbonyl (C=O) groups excluding carboxylic acids is 1. The van der Waals surface area contributed by atoms with Gasteiger partial charge in [-0.2, -0.15) is 5.26 Å². The molecular formula is C25H27N3OS. The number of Topliss-reactive ketones (excluding diaryl/α,β-unsaturated/α-hetero) is 1. The summed E-state index contributed by atoms with van der Waals surface area (Å²) in [4.78, 5) is 17.7. The Bertz CT molecular complexity index is 1140. The summed E-state index contributed by atoms with van der Waals surface area (Å²) < 4.78 is 0. The van der Waals surface area contributed by atoms with Crippen LogP contribution in [0.4, 0.5) is 5.69 Å². The minimum atomic E-state index is -0.389. The highest BCUT2D eigenvalue weighted by atomic mass is 32.1. The van der Waals surface area contributed by atoms with Gasteiger partial charge in [0.1, 0.15) is 5.82 Å². The summed E-state index contributed by atoms with van der Waals surface area (Å²) in [5.74, 6) is 0.158. The molecule has 0 saturated carbocycles. The zero-order valence-corrected chi connectivity index (χ0v) is 19.0. The standard InChI is InChI=1S/C25H27N3OS/c1-14-6-8-17(9-7-14)28-20-11-25(4,5)12-21(29)23(20)22(19(13-26)24(28)27)18-10-15(2)30-16(18)3/h6-10,22H,11-12,27H2,1-5H3/t22-/m0/s1. The Morgan fingerprint density at radius 2 is 1.83 bits per heavy atom. The number of benzene rings is 1. The van der Waals surface area contributed by atoms with Crippen molar-refractivity contribution >= 4 is 22.8 Å². The van der Waals surface area contributed by atoms with Crippen LogP contribution < -0.4 is 10.6 Å². The molecule has 1 aromatic heterocycles. The van der Waals surface area contributed by atoms with Gasteiger partial charge in [0.05, 0.1) is 17.6 Å². The average molecular weight is 418 g/mol. The van der Waals surface area contributed by atoms with Crippen molar-refractivity contribution in [2.45, 2.75) is 53.4 Å². The van der Waals surface area contributed by atoms with Crippen LogP contribution in [0.1, 0.15) is 53.5 Å². The van der Waals surface area contributed by atoms with Crippen molar-refractivity contribution in [3.8, 4) is 6.07 Å². The van der Waals surface area contributed by atoms with Crippen LogP contribution >= 0.6 is 11.3 Å². The summed E-state index contributed by atoms with van der Waals surface area (Å²) in [5, 5.41) is 10.1. The van der Waals surface area contributed by atoms with E-state index in [1.165, 1.54) is 4.88 Å². The van der Waals surface area contributed by atoms with Crippen molar-refractivity contribution in [1.82, 2.24) is 0 Å². The SMILES string of the molecule is Cc1ccc(N2C(N)=C(C#N)[C@H](c3cc(C)sc3C)C3=C2CC(C)(C)CC3=O)cc1. The van der Waals surface area contributed by atoms with Gasteiger partial charge in [-0.15, -0.1) is 11.3 Å². The summed E-state index contributed by atoms with van der Waals surface area (Å²) in [6.45, 7) is 10.4. The molecule has 0 saturated heterocycles. The highest BCUT2D eigenvalue weighted by molar-refractivity contribution is 7.12. The fourth-order valence-corrected chi connectivity index (χ4v) is 5.71. The van der Waals surface area contributed by atoms with E-state index in [1.807, 2.05) is 36.1 Å². The van der Waals surface area contributed by atoms with Gasteiger partial charge >= 0.3 is 0 Å². The number of ketones is 1. The average Bonchev–Trinajstić information content (AvgIpc) is 2.99. The van der Waals surface area contributed by atoms with Gasteiger partial charge in [0, 0.05) is 33.1 Å². The van der Waals surface area contributed by atoms with Crippen molar-refractivity contribution in [3.63, 3.8) is 0 Å². The molecule has 2 N–H and O–H groups in total. The molecule has 0 radical (unpaired) electrons. The Balaban J connectivity index is 2.01. The Labute approximate surface area is 182 Å². The molecule has 1 aliphatic heterocycles. The molecule has 5 heteroatoms. The number of hydrogen-bond acceptors (Lipinski definition) is 5. The van der Waals surface area contributed by atoms with Crippen molar-refractivity contribution < 1.29 is 4.79 Å². The predicted octanol–water partition coefficient (Wildman–Crippen LogP) is 5.61. The molecule has 2 heterocycles. The zero-order valence-electron chi connectivity index (χ0n) is 18.2. The second-order valence-electron chi connectivity index (χ2n) is 9.18. The number of rotatable bonds is 2. The van der Waals surface area contributed by atoms with E-state index in [-0.39, 0.29) is 17.1 Å². The Kier molecular flexibility index (Phi) is 4.86. The van der Waals surface area contributed by atoms with E-state index in [0.717, 1.165) is 39.4 Å². The highest BCUT2D eigenvalue weighted by Gasteiger charge is 2.45. The van der Waals surface area contributed by atoms with Gasteiger partial charge in [-0.05, 0) is 56.4 Å². The van der Waals surface area contributed by atoms with E-state index < -0.39 is 0 Å². The van der Waals surface area contributed by atoms with Crippen molar-refractivity contribution in [2.24, 2.45) is 11.1 Å². The first-order valence-electron chi connectivity index (χ1n) is 10.2. The maximum absolute atomic E-state index is 13.5. The molecule has 1 aliphatic carbocycles. The molecule has 1 atom stereocenters. The third-order valence-electron chi connectivity index (χ3n) is 6.06. The van der Waals surface area contributed by atoms with Gasteiger partial charge in [0.15, 0.2) is 5.78 Å². The number of carbonyl (C=O) groups is 1. The quantitative estimate of drug-likeness (QED) is 0.689. The first-order chi connectivity index (χ1) is 14.1. The van der Waals surface area contributed by atoms with Crippen molar-refractivity contribution in [3.05, 3.63) is 73.9 Å². The topological polar surface area (TPSA) is 70.1 Å².